The standard InChI is InChI=1S/C14H17N3O5/c1-19-14-10(16-17-15)11(18)12-9(21-14)7-20-13(22-12)8-5-3-2-4-6-8/h2-6,9-14,18H,7H2,1H3/t9-,10+,11-,12-,13-,14-/m0/s1. The zero-order valence-corrected chi connectivity index (χ0v) is 12.0. The first kappa shape index (κ1) is 15.2. The van der Waals surface area contributed by atoms with Gasteiger partial charge in [0.05, 0.1) is 12.7 Å². The molecule has 118 valence electrons. The van der Waals surface area contributed by atoms with Gasteiger partial charge >= 0.3 is 0 Å². The second-order valence-corrected chi connectivity index (χ2v) is 5.14. The third-order valence-corrected chi connectivity index (χ3v) is 3.82. The van der Waals surface area contributed by atoms with Gasteiger partial charge in [-0.05, 0) is 5.53 Å². The molecule has 2 saturated heterocycles. The normalized spacial score (nSPS) is 37.9. The van der Waals surface area contributed by atoms with E-state index in [4.69, 9.17) is 24.5 Å². The van der Waals surface area contributed by atoms with E-state index in [0.717, 1.165) is 5.56 Å². The van der Waals surface area contributed by atoms with Gasteiger partial charge in [-0.3, -0.25) is 0 Å². The van der Waals surface area contributed by atoms with Crippen molar-refractivity contribution in [1.82, 2.24) is 0 Å². The highest BCUT2D eigenvalue weighted by atomic mass is 16.7. The zero-order valence-electron chi connectivity index (χ0n) is 12.0. The quantitative estimate of drug-likeness (QED) is 0.517. The first-order valence-corrected chi connectivity index (χ1v) is 6.97. The average molecular weight is 307 g/mol. The van der Waals surface area contributed by atoms with Gasteiger partial charge in [0.2, 0.25) is 0 Å². The maximum Gasteiger partial charge on any atom is 0.184 e. The number of aliphatic hydroxyl groups excluding tert-OH is 1. The van der Waals surface area contributed by atoms with E-state index >= 15 is 0 Å². The summed E-state index contributed by atoms with van der Waals surface area (Å²) >= 11 is 0. The van der Waals surface area contributed by atoms with Crippen molar-refractivity contribution >= 4 is 0 Å². The molecule has 0 aliphatic carbocycles. The van der Waals surface area contributed by atoms with Gasteiger partial charge in [0.1, 0.15) is 18.2 Å². The minimum atomic E-state index is -1.03. The monoisotopic (exact) mass is 307 g/mol. The van der Waals surface area contributed by atoms with Gasteiger partial charge in [-0.15, -0.1) is 0 Å². The van der Waals surface area contributed by atoms with E-state index in [-0.39, 0.29) is 6.61 Å². The molecule has 0 radical (unpaired) electrons. The number of aliphatic hydroxyl groups is 1. The van der Waals surface area contributed by atoms with Crippen LogP contribution >= 0.6 is 0 Å². The molecule has 1 N–H and O–H groups in total. The number of hydrogen-bond acceptors (Lipinski definition) is 6. The Morgan fingerprint density at radius 2 is 2.09 bits per heavy atom. The molecule has 2 heterocycles. The Bertz CT molecular complexity index is 551. The van der Waals surface area contributed by atoms with Gasteiger partial charge in [-0.2, -0.15) is 0 Å². The summed E-state index contributed by atoms with van der Waals surface area (Å²) in [5, 5.41) is 14.0. The fourth-order valence-corrected chi connectivity index (χ4v) is 2.73. The highest BCUT2D eigenvalue weighted by Crippen LogP contribution is 2.35. The zero-order chi connectivity index (χ0) is 15.5. The van der Waals surface area contributed by atoms with E-state index in [9.17, 15) is 5.11 Å². The number of azide groups is 1. The molecule has 0 unspecified atom stereocenters. The fourth-order valence-electron chi connectivity index (χ4n) is 2.73. The van der Waals surface area contributed by atoms with Crippen molar-refractivity contribution in [1.29, 1.82) is 0 Å². The number of hydrogen-bond donors (Lipinski definition) is 1. The van der Waals surface area contributed by atoms with Crippen molar-refractivity contribution in [3.05, 3.63) is 46.3 Å². The molecule has 2 aliphatic heterocycles. The molecule has 0 aromatic heterocycles. The number of benzene rings is 1. The number of ether oxygens (including phenoxy) is 4. The summed E-state index contributed by atoms with van der Waals surface area (Å²) < 4.78 is 22.3. The van der Waals surface area contributed by atoms with Crippen LogP contribution in [0.4, 0.5) is 0 Å². The Morgan fingerprint density at radius 1 is 1.32 bits per heavy atom. The van der Waals surface area contributed by atoms with E-state index in [1.807, 2.05) is 30.3 Å². The lowest BCUT2D eigenvalue weighted by Gasteiger charge is -2.46. The molecule has 0 amide bonds. The molecule has 8 nitrogen and oxygen atoms in total. The Kier molecular flexibility index (Phi) is 4.58. The van der Waals surface area contributed by atoms with Crippen LogP contribution in [0.15, 0.2) is 35.4 Å². The molecule has 2 fully saturated rings. The Hall–Kier alpha value is -1.67. The minimum absolute atomic E-state index is 0.254. The molecule has 0 bridgehead atoms. The Morgan fingerprint density at radius 3 is 2.77 bits per heavy atom. The molecule has 1 aromatic rings. The molecule has 3 rings (SSSR count). The summed E-state index contributed by atoms with van der Waals surface area (Å²) in [4.78, 5) is 2.74. The van der Waals surface area contributed by atoms with Crippen LogP contribution in [0.1, 0.15) is 11.9 Å². The van der Waals surface area contributed by atoms with E-state index < -0.39 is 36.9 Å². The number of fused-ring (bicyclic) bond motifs is 1. The maximum atomic E-state index is 10.5. The van der Waals surface area contributed by atoms with Gasteiger partial charge < -0.3 is 24.1 Å². The summed E-state index contributed by atoms with van der Waals surface area (Å²) in [6.07, 6.45) is -3.58. The van der Waals surface area contributed by atoms with Crippen molar-refractivity contribution in [2.45, 2.75) is 36.9 Å². The van der Waals surface area contributed by atoms with Gasteiger partial charge in [-0.25, -0.2) is 0 Å². The second kappa shape index (κ2) is 6.62. The molecule has 22 heavy (non-hydrogen) atoms. The number of rotatable bonds is 3. The maximum absolute atomic E-state index is 10.5. The van der Waals surface area contributed by atoms with Crippen LogP contribution in [0.5, 0.6) is 0 Å². The van der Waals surface area contributed by atoms with Crippen LogP contribution in [0.2, 0.25) is 0 Å². The summed E-state index contributed by atoms with van der Waals surface area (Å²) in [5.74, 6) is 0. The van der Waals surface area contributed by atoms with Crippen molar-refractivity contribution in [3.8, 4) is 0 Å². The van der Waals surface area contributed by atoms with Crippen LogP contribution in [0.25, 0.3) is 10.4 Å². The second-order valence-electron chi connectivity index (χ2n) is 5.14. The average Bonchev–Trinajstić information content (AvgIpc) is 2.58. The van der Waals surface area contributed by atoms with Crippen LogP contribution in [0, 0.1) is 0 Å². The molecular weight excluding hydrogens is 290 g/mol. The molecular formula is C14H17N3O5. The smallest absolute Gasteiger partial charge is 0.184 e. The number of nitrogens with zero attached hydrogens (tertiary/aromatic N) is 3. The van der Waals surface area contributed by atoms with Crippen LogP contribution in [0.3, 0.4) is 0 Å². The third kappa shape index (κ3) is 2.80. The number of methoxy groups -OCH3 is 1. The third-order valence-electron chi connectivity index (χ3n) is 3.82. The van der Waals surface area contributed by atoms with Gasteiger partial charge in [0.15, 0.2) is 12.6 Å². The van der Waals surface area contributed by atoms with E-state index in [1.165, 1.54) is 7.11 Å². The van der Waals surface area contributed by atoms with Gasteiger partial charge in [-0.1, -0.05) is 35.4 Å². The summed E-state index contributed by atoms with van der Waals surface area (Å²) in [6.45, 7) is 0.254. The van der Waals surface area contributed by atoms with Crippen LogP contribution in [-0.2, 0) is 18.9 Å². The van der Waals surface area contributed by atoms with Crippen molar-refractivity contribution in [3.63, 3.8) is 0 Å². The molecule has 8 heteroatoms. The largest absolute Gasteiger partial charge is 0.390 e. The topological polar surface area (TPSA) is 106 Å². The van der Waals surface area contributed by atoms with E-state index in [1.54, 1.807) is 0 Å². The Balaban J connectivity index is 1.79. The molecule has 0 saturated carbocycles. The predicted octanol–water partition coefficient (Wildman–Crippen LogP) is 1.51. The molecule has 0 spiro atoms. The minimum Gasteiger partial charge on any atom is -0.390 e. The molecule has 6 atom stereocenters. The summed E-state index contributed by atoms with van der Waals surface area (Å²) in [5.41, 5.74) is 9.50. The van der Waals surface area contributed by atoms with Gasteiger partial charge in [0.25, 0.3) is 0 Å². The first-order valence-electron chi connectivity index (χ1n) is 6.97. The fraction of sp³-hybridized carbons (Fsp3) is 0.571. The van der Waals surface area contributed by atoms with Crippen molar-refractivity contribution in [2.24, 2.45) is 5.11 Å². The molecule has 1 aromatic carbocycles. The van der Waals surface area contributed by atoms with E-state index in [0.29, 0.717) is 0 Å². The lowest BCUT2D eigenvalue weighted by molar-refractivity contribution is -0.338. The lowest BCUT2D eigenvalue weighted by atomic mass is 9.96. The predicted molar refractivity (Wildman–Crippen MR) is 74.6 cm³/mol. The SMILES string of the molecule is CO[C@H]1O[C@H]2CO[C@H](c3ccccc3)O[C@@H]2[C@@H](O)[C@H]1N=[N+]=[N-]. The highest BCUT2D eigenvalue weighted by molar-refractivity contribution is 5.16. The summed E-state index contributed by atoms with van der Waals surface area (Å²) in [7, 11) is 1.43. The molecule has 2 aliphatic rings. The van der Waals surface area contributed by atoms with Crippen LogP contribution in [-0.4, -0.2) is 49.5 Å². The Labute approximate surface area is 127 Å². The van der Waals surface area contributed by atoms with Crippen LogP contribution < -0.4 is 0 Å². The van der Waals surface area contributed by atoms with Gasteiger partial charge in [0, 0.05) is 17.6 Å². The van der Waals surface area contributed by atoms with E-state index in [2.05, 4.69) is 10.0 Å². The van der Waals surface area contributed by atoms with Crippen molar-refractivity contribution < 1.29 is 24.1 Å². The highest BCUT2D eigenvalue weighted by Gasteiger charge is 2.49. The van der Waals surface area contributed by atoms with Crippen molar-refractivity contribution in [2.75, 3.05) is 13.7 Å². The summed E-state index contributed by atoms with van der Waals surface area (Å²) in [6, 6.07) is 8.55. The first-order chi connectivity index (χ1) is 10.7. The lowest BCUT2D eigenvalue weighted by Crippen LogP contribution is -2.61.